The van der Waals surface area contributed by atoms with Crippen LogP contribution >= 0.6 is 0 Å². The third kappa shape index (κ3) is 6.04. The molecule has 2 aromatic rings. The number of hydrogen-bond acceptors (Lipinski definition) is 3. The average Bonchev–Trinajstić information content (AvgIpc) is 2.91. The monoisotopic (exact) mass is 262 g/mol. The normalized spacial score (nSPS) is 8.74. The van der Waals surface area contributed by atoms with E-state index in [9.17, 15) is 0 Å². The van der Waals surface area contributed by atoms with Crippen LogP contribution in [-0.4, -0.2) is 21.8 Å². The van der Waals surface area contributed by atoms with Crippen molar-refractivity contribution in [1.29, 1.82) is 0 Å². The maximum absolute atomic E-state index is 4.25. The van der Waals surface area contributed by atoms with E-state index in [1.54, 1.807) is 6.33 Å². The Morgan fingerprint density at radius 3 is 2.37 bits per heavy atom. The first-order chi connectivity index (χ1) is 9.28. The van der Waals surface area contributed by atoms with Crippen LogP contribution in [0.2, 0.25) is 0 Å². The Hall–Kier alpha value is -1.84. The summed E-state index contributed by atoms with van der Waals surface area (Å²) in [6.45, 7) is 10.8. The molecule has 0 fully saturated rings. The first kappa shape index (κ1) is 17.2. The topological polar surface area (TPSA) is 42.7 Å². The summed E-state index contributed by atoms with van der Waals surface area (Å²) in [5.41, 5.74) is 2.50. The van der Waals surface area contributed by atoms with Crippen molar-refractivity contribution in [3.63, 3.8) is 0 Å². The maximum atomic E-state index is 4.25. The molecule has 19 heavy (non-hydrogen) atoms. The summed E-state index contributed by atoms with van der Waals surface area (Å²) in [4.78, 5) is 4.09. The van der Waals surface area contributed by atoms with E-state index >= 15 is 0 Å². The molecule has 0 unspecified atom stereocenters. The van der Waals surface area contributed by atoms with Gasteiger partial charge in [-0.25, -0.2) is 9.67 Å². The number of aromatic nitrogens is 3. The summed E-state index contributed by atoms with van der Waals surface area (Å²) < 4.78 is 1.82. The number of anilines is 1. The summed E-state index contributed by atoms with van der Waals surface area (Å²) in [7, 11) is 1.81. The highest BCUT2D eigenvalue weighted by Crippen LogP contribution is 2.06. The average molecular weight is 262 g/mol. The summed E-state index contributed by atoms with van der Waals surface area (Å²) >= 11 is 0. The Labute approximate surface area is 116 Å². The molecule has 1 heterocycles. The minimum Gasteiger partial charge on any atom is -0.356 e. The van der Waals surface area contributed by atoms with Crippen LogP contribution in [0.25, 0.3) is 0 Å². The number of aryl methyl sites for hydroxylation is 1. The van der Waals surface area contributed by atoms with Crippen molar-refractivity contribution >= 4 is 5.95 Å². The van der Waals surface area contributed by atoms with Gasteiger partial charge in [0.25, 0.3) is 0 Å². The Morgan fingerprint density at radius 2 is 1.84 bits per heavy atom. The molecule has 1 N–H and O–H groups in total. The minimum absolute atomic E-state index is 0.655. The fourth-order valence-electron chi connectivity index (χ4n) is 1.48. The Balaban J connectivity index is 0.000000741. The van der Waals surface area contributed by atoms with E-state index in [1.165, 1.54) is 11.1 Å². The fraction of sp³-hybridized carbons (Fsp3) is 0.467. The molecule has 0 spiro atoms. The van der Waals surface area contributed by atoms with Gasteiger partial charge < -0.3 is 5.32 Å². The van der Waals surface area contributed by atoms with E-state index in [-0.39, 0.29) is 0 Å². The molecule has 0 atom stereocenters. The van der Waals surface area contributed by atoms with Crippen molar-refractivity contribution in [2.75, 3.05) is 12.4 Å². The number of hydrogen-bond donors (Lipinski definition) is 1. The van der Waals surface area contributed by atoms with Crippen molar-refractivity contribution in [1.82, 2.24) is 14.8 Å². The highest BCUT2D eigenvalue weighted by Gasteiger charge is 1.99. The zero-order valence-corrected chi connectivity index (χ0v) is 12.9. The van der Waals surface area contributed by atoms with Crippen LogP contribution in [0.15, 0.2) is 30.6 Å². The lowest BCUT2D eigenvalue weighted by Crippen LogP contribution is -2.01. The van der Waals surface area contributed by atoms with Gasteiger partial charge in [-0.2, -0.15) is 0 Å². The minimum atomic E-state index is 0.655. The van der Waals surface area contributed by atoms with Gasteiger partial charge in [0.2, 0.25) is 5.95 Å². The van der Waals surface area contributed by atoms with Crippen LogP contribution in [0, 0.1) is 6.92 Å². The number of rotatable bonds is 3. The molecule has 0 bridgehead atoms. The van der Waals surface area contributed by atoms with Crippen molar-refractivity contribution in [3.05, 3.63) is 41.7 Å². The molecule has 1 aromatic heterocycles. The van der Waals surface area contributed by atoms with Crippen LogP contribution in [0.5, 0.6) is 0 Å². The number of benzene rings is 1. The lowest BCUT2D eigenvalue weighted by atomic mass is 10.1. The molecule has 0 saturated carbocycles. The van der Waals surface area contributed by atoms with E-state index in [0.717, 1.165) is 6.54 Å². The lowest BCUT2D eigenvalue weighted by Gasteiger charge is -2.01. The van der Waals surface area contributed by atoms with E-state index in [1.807, 2.05) is 39.4 Å². The van der Waals surface area contributed by atoms with Crippen LogP contribution < -0.4 is 5.32 Å². The molecule has 0 radical (unpaired) electrons. The molecular weight excluding hydrogens is 236 g/mol. The van der Waals surface area contributed by atoms with Gasteiger partial charge in [-0.3, -0.25) is 0 Å². The molecule has 0 amide bonds. The first-order valence-corrected chi connectivity index (χ1v) is 6.90. The van der Waals surface area contributed by atoms with E-state index < -0.39 is 0 Å². The second-order valence-electron chi connectivity index (χ2n) is 3.50. The number of nitrogens with zero attached hydrogens (tertiary/aromatic N) is 3. The summed E-state index contributed by atoms with van der Waals surface area (Å²) in [6, 6.07) is 8.39. The highest BCUT2D eigenvalue weighted by atomic mass is 15.4. The predicted molar refractivity (Wildman–Crippen MR) is 82.5 cm³/mol. The van der Waals surface area contributed by atoms with Gasteiger partial charge in [-0.15, -0.1) is 5.10 Å². The van der Waals surface area contributed by atoms with Crippen molar-refractivity contribution in [2.45, 2.75) is 41.2 Å². The predicted octanol–water partition coefficient (Wildman–Crippen LogP) is 3.73. The summed E-state index contributed by atoms with van der Waals surface area (Å²) in [5.74, 6) is 0.655. The van der Waals surface area contributed by atoms with Crippen molar-refractivity contribution < 1.29 is 0 Å². The van der Waals surface area contributed by atoms with Crippen LogP contribution in [0.3, 0.4) is 0 Å². The standard InChI is InChI=1S/C11H14N4.2C2H6/c1-9-4-3-5-10(6-9)7-15-8-13-11(12-2)14-15;2*1-2/h3-6,8H,7H2,1-2H3,(H,12,14);2*1-2H3. The van der Waals surface area contributed by atoms with Gasteiger partial charge in [-0.05, 0) is 12.5 Å². The van der Waals surface area contributed by atoms with Gasteiger partial charge in [-0.1, -0.05) is 57.5 Å². The van der Waals surface area contributed by atoms with Gasteiger partial charge in [0.15, 0.2) is 0 Å². The Kier molecular flexibility index (Phi) is 9.14. The smallest absolute Gasteiger partial charge is 0.241 e. The second kappa shape index (κ2) is 10.1. The molecule has 0 aliphatic carbocycles. The molecule has 4 heteroatoms. The SMILES string of the molecule is CC.CC.CNc1ncn(Cc2cccc(C)c2)n1. The van der Waals surface area contributed by atoms with Crippen molar-refractivity contribution in [3.8, 4) is 0 Å². The van der Waals surface area contributed by atoms with Gasteiger partial charge in [0, 0.05) is 7.05 Å². The van der Waals surface area contributed by atoms with E-state index in [4.69, 9.17) is 0 Å². The molecule has 4 nitrogen and oxygen atoms in total. The Bertz CT molecular complexity index is 449. The van der Waals surface area contributed by atoms with Crippen LogP contribution in [0.1, 0.15) is 38.8 Å². The fourth-order valence-corrected chi connectivity index (χ4v) is 1.48. The highest BCUT2D eigenvalue weighted by molar-refractivity contribution is 5.23. The number of nitrogens with one attached hydrogen (secondary N) is 1. The molecule has 0 aliphatic heterocycles. The summed E-state index contributed by atoms with van der Waals surface area (Å²) in [5, 5.41) is 7.15. The van der Waals surface area contributed by atoms with Gasteiger partial charge in [0.05, 0.1) is 6.54 Å². The van der Waals surface area contributed by atoms with Crippen LogP contribution in [0.4, 0.5) is 5.95 Å². The quantitative estimate of drug-likeness (QED) is 0.916. The van der Waals surface area contributed by atoms with E-state index in [2.05, 4.69) is 46.6 Å². The van der Waals surface area contributed by atoms with E-state index in [0.29, 0.717) is 5.95 Å². The van der Waals surface area contributed by atoms with Gasteiger partial charge in [0.1, 0.15) is 6.33 Å². The molecular formula is C15H26N4. The summed E-state index contributed by atoms with van der Waals surface area (Å²) in [6.07, 6.45) is 1.73. The third-order valence-corrected chi connectivity index (χ3v) is 2.19. The zero-order chi connectivity index (χ0) is 14.7. The molecule has 106 valence electrons. The molecule has 0 aliphatic rings. The first-order valence-electron chi connectivity index (χ1n) is 6.90. The maximum Gasteiger partial charge on any atom is 0.241 e. The second-order valence-corrected chi connectivity index (χ2v) is 3.50. The third-order valence-electron chi connectivity index (χ3n) is 2.19. The van der Waals surface area contributed by atoms with Crippen molar-refractivity contribution in [2.24, 2.45) is 0 Å². The van der Waals surface area contributed by atoms with Gasteiger partial charge >= 0.3 is 0 Å². The molecule has 1 aromatic carbocycles. The Morgan fingerprint density at radius 1 is 1.16 bits per heavy atom. The largest absolute Gasteiger partial charge is 0.356 e. The molecule has 2 rings (SSSR count). The lowest BCUT2D eigenvalue weighted by molar-refractivity contribution is 0.686. The zero-order valence-electron chi connectivity index (χ0n) is 12.9. The van der Waals surface area contributed by atoms with Crippen LogP contribution in [-0.2, 0) is 6.54 Å². The molecule has 0 saturated heterocycles.